The highest BCUT2D eigenvalue weighted by molar-refractivity contribution is 5.46. The maximum absolute atomic E-state index is 9.01. The van der Waals surface area contributed by atoms with E-state index in [-0.39, 0.29) is 6.61 Å². The van der Waals surface area contributed by atoms with Crippen LogP contribution in [0.5, 0.6) is 5.75 Å². The van der Waals surface area contributed by atoms with Crippen LogP contribution in [0.4, 0.5) is 0 Å². The molecule has 16 heavy (non-hydrogen) atoms. The van der Waals surface area contributed by atoms with Crippen molar-refractivity contribution in [3.8, 4) is 5.75 Å². The number of hydrogen-bond donors (Lipinski definition) is 1. The Kier molecular flexibility index (Phi) is 4.81. The van der Waals surface area contributed by atoms with Crippen LogP contribution in [0.1, 0.15) is 43.4 Å². The van der Waals surface area contributed by atoms with Crippen molar-refractivity contribution in [3.63, 3.8) is 0 Å². The summed E-state index contributed by atoms with van der Waals surface area (Å²) >= 11 is 0. The fourth-order valence-corrected chi connectivity index (χ4v) is 2.00. The number of rotatable bonds is 5. The highest BCUT2D eigenvalue weighted by Gasteiger charge is 2.12. The third-order valence-corrected chi connectivity index (χ3v) is 2.86. The van der Waals surface area contributed by atoms with Crippen molar-refractivity contribution in [3.05, 3.63) is 28.8 Å². The van der Waals surface area contributed by atoms with E-state index in [2.05, 4.69) is 32.9 Å². The number of ether oxygens (including phenoxy) is 1. The molecule has 0 bridgehead atoms. The monoisotopic (exact) mass is 222 g/mol. The molecule has 0 aromatic heterocycles. The minimum absolute atomic E-state index is 0.201. The molecule has 0 aliphatic rings. The third-order valence-electron chi connectivity index (χ3n) is 2.86. The molecule has 0 amide bonds. The number of hydrogen-bond acceptors (Lipinski definition) is 2. The van der Waals surface area contributed by atoms with Crippen molar-refractivity contribution in [1.29, 1.82) is 0 Å². The summed E-state index contributed by atoms with van der Waals surface area (Å²) in [6.45, 7) is 6.66. The Bertz CT molecular complexity index is 343. The van der Waals surface area contributed by atoms with Crippen LogP contribution in [0.3, 0.4) is 0 Å². The predicted molar refractivity (Wildman–Crippen MR) is 67.3 cm³/mol. The molecule has 1 aromatic carbocycles. The largest absolute Gasteiger partial charge is 0.496 e. The van der Waals surface area contributed by atoms with Crippen molar-refractivity contribution in [2.24, 2.45) is 0 Å². The molecule has 0 saturated heterocycles. The summed E-state index contributed by atoms with van der Waals surface area (Å²) in [5, 5.41) is 9.01. The highest BCUT2D eigenvalue weighted by atomic mass is 16.5. The molecule has 0 fully saturated rings. The van der Waals surface area contributed by atoms with Crippen molar-refractivity contribution < 1.29 is 9.84 Å². The molecule has 0 heterocycles. The molecular weight excluding hydrogens is 200 g/mol. The van der Waals surface area contributed by atoms with Crippen LogP contribution in [0, 0.1) is 0 Å². The van der Waals surface area contributed by atoms with E-state index in [1.165, 1.54) is 16.7 Å². The van der Waals surface area contributed by atoms with E-state index in [1.54, 1.807) is 7.11 Å². The molecule has 0 atom stereocenters. The van der Waals surface area contributed by atoms with Crippen LogP contribution in [-0.4, -0.2) is 18.8 Å². The third kappa shape index (κ3) is 2.76. The fraction of sp³-hybridized carbons (Fsp3) is 0.571. The fourth-order valence-electron chi connectivity index (χ4n) is 2.00. The van der Waals surface area contributed by atoms with Crippen molar-refractivity contribution in [2.75, 3.05) is 13.7 Å². The van der Waals surface area contributed by atoms with Crippen LogP contribution >= 0.6 is 0 Å². The summed E-state index contributed by atoms with van der Waals surface area (Å²) in [6, 6.07) is 4.29. The van der Waals surface area contributed by atoms with E-state index in [9.17, 15) is 0 Å². The van der Waals surface area contributed by atoms with Gasteiger partial charge in [0.2, 0.25) is 0 Å². The van der Waals surface area contributed by atoms with Gasteiger partial charge < -0.3 is 9.84 Å². The zero-order chi connectivity index (χ0) is 12.1. The molecule has 0 aliphatic heterocycles. The summed E-state index contributed by atoms with van der Waals surface area (Å²) in [6.07, 6.45) is 1.68. The van der Waals surface area contributed by atoms with E-state index >= 15 is 0 Å². The van der Waals surface area contributed by atoms with Gasteiger partial charge in [-0.25, -0.2) is 0 Å². The second-order valence-corrected chi connectivity index (χ2v) is 4.36. The Balaban J connectivity index is 3.25. The number of aliphatic hydroxyl groups excluding tert-OH is 1. The molecule has 2 nitrogen and oxygen atoms in total. The lowest BCUT2D eigenvalue weighted by Crippen LogP contribution is -2.02. The molecule has 1 N–H and O–H groups in total. The second-order valence-electron chi connectivity index (χ2n) is 4.36. The molecule has 0 spiro atoms. The van der Waals surface area contributed by atoms with E-state index in [0.717, 1.165) is 18.6 Å². The normalized spacial score (nSPS) is 10.9. The molecule has 1 aromatic rings. The Morgan fingerprint density at radius 2 is 2.00 bits per heavy atom. The second kappa shape index (κ2) is 5.90. The van der Waals surface area contributed by atoms with Crippen LogP contribution in [-0.2, 0) is 12.8 Å². The smallest absolute Gasteiger partial charge is 0.125 e. The van der Waals surface area contributed by atoms with Crippen LogP contribution in [0.25, 0.3) is 0 Å². The first-order chi connectivity index (χ1) is 7.63. The number of aliphatic hydroxyl groups is 1. The summed E-state index contributed by atoms with van der Waals surface area (Å²) in [5.74, 6) is 1.46. The lowest BCUT2D eigenvalue weighted by Gasteiger charge is -2.17. The average molecular weight is 222 g/mol. The minimum atomic E-state index is 0.201. The quantitative estimate of drug-likeness (QED) is 0.830. The number of methoxy groups -OCH3 is 1. The van der Waals surface area contributed by atoms with Gasteiger partial charge in [0.15, 0.2) is 0 Å². The van der Waals surface area contributed by atoms with E-state index in [0.29, 0.717) is 5.92 Å². The summed E-state index contributed by atoms with van der Waals surface area (Å²) in [5.41, 5.74) is 3.67. The van der Waals surface area contributed by atoms with Crippen LogP contribution < -0.4 is 4.74 Å². The van der Waals surface area contributed by atoms with Crippen molar-refractivity contribution in [2.45, 2.75) is 39.5 Å². The van der Waals surface area contributed by atoms with E-state index < -0.39 is 0 Å². The molecular formula is C14H22O2. The number of benzene rings is 1. The summed E-state index contributed by atoms with van der Waals surface area (Å²) in [7, 11) is 1.73. The molecule has 90 valence electrons. The Hall–Kier alpha value is -1.02. The van der Waals surface area contributed by atoms with Gasteiger partial charge in [-0.15, -0.1) is 0 Å². The molecule has 2 heteroatoms. The summed E-state index contributed by atoms with van der Waals surface area (Å²) < 4.78 is 5.50. The van der Waals surface area contributed by atoms with Gasteiger partial charge in [0.25, 0.3) is 0 Å². The first-order valence-electron chi connectivity index (χ1n) is 5.94. The van der Waals surface area contributed by atoms with Gasteiger partial charge in [-0.1, -0.05) is 32.9 Å². The lowest BCUT2D eigenvalue weighted by molar-refractivity contribution is 0.299. The molecule has 0 saturated carbocycles. The van der Waals surface area contributed by atoms with Gasteiger partial charge in [-0.05, 0) is 35.4 Å². The van der Waals surface area contributed by atoms with Gasteiger partial charge in [0.05, 0.1) is 7.11 Å². The average Bonchev–Trinajstić information content (AvgIpc) is 2.28. The minimum Gasteiger partial charge on any atom is -0.496 e. The van der Waals surface area contributed by atoms with Gasteiger partial charge in [0, 0.05) is 6.61 Å². The molecule has 0 unspecified atom stereocenters. The predicted octanol–water partition coefficient (Wildman–Crippen LogP) is 2.92. The van der Waals surface area contributed by atoms with Crippen LogP contribution in [0.2, 0.25) is 0 Å². The number of aryl methyl sites for hydroxylation is 1. The van der Waals surface area contributed by atoms with Gasteiger partial charge in [-0.3, -0.25) is 0 Å². The lowest BCUT2D eigenvalue weighted by atomic mass is 9.94. The van der Waals surface area contributed by atoms with E-state index in [4.69, 9.17) is 9.84 Å². The Morgan fingerprint density at radius 3 is 2.44 bits per heavy atom. The van der Waals surface area contributed by atoms with E-state index in [1.807, 2.05) is 0 Å². The molecule has 0 aliphatic carbocycles. The Morgan fingerprint density at radius 1 is 1.31 bits per heavy atom. The first kappa shape index (κ1) is 13.0. The molecule has 1 rings (SSSR count). The van der Waals surface area contributed by atoms with Crippen molar-refractivity contribution in [1.82, 2.24) is 0 Å². The maximum Gasteiger partial charge on any atom is 0.125 e. The standard InChI is InChI=1S/C14H22O2/c1-5-12-8-11(6-7-15)9-13(10(2)3)14(12)16-4/h8-10,15H,5-7H2,1-4H3. The Labute approximate surface area is 98.3 Å². The summed E-state index contributed by atoms with van der Waals surface area (Å²) in [4.78, 5) is 0. The first-order valence-corrected chi connectivity index (χ1v) is 5.94. The van der Waals surface area contributed by atoms with Gasteiger partial charge >= 0.3 is 0 Å². The highest BCUT2D eigenvalue weighted by Crippen LogP contribution is 2.32. The topological polar surface area (TPSA) is 29.5 Å². The zero-order valence-corrected chi connectivity index (χ0v) is 10.7. The van der Waals surface area contributed by atoms with Gasteiger partial charge in [-0.2, -0.15) is 0 Å². The zero-order valence-electron chi connectivity index (χ0n) is 10.7. The van der Waals surface area contributed by atoms with Gasteiger partial charge in [0.1, 0.15) is 5.75 Å². The SMILES string of the molecule is CCc1cc(CCO)cc(C(C)C)c1OC. The molecule has 0 radical (unpaired) electrons. The van der Waals surface area contributed by atoms with Crippen molar-refractivity contribution >= 4 is 0 Å². The maximum atomic E-state index is 9.01. The van der Waals surface area contributed by atoms with Crippen LogP contribution in [0.15, 0.2) is 12.1 Å².